The van der Waals surface area contributed by atoms with Crippen LogP contribution in [-0.4, -0.2) is 88.1 Å². The predicted octanol–water partition coefficient (Wildman–Crippen LogP) is 1.13. The number of rotatable bonds is 6. The molecule has 0 aromatic carbocycles. The molecule has 172 valence electrons. The Balaban J connectivity index is 1.31. The first-order chi connectivity index (χ1) is 15.5. The third-order valence-electron chi connectivity index (χ3n) is 5.57. The molecule has 5 heterocycles. The largest absolute Gasteiger partial charge is 0.394 e. The molecule has 2 aliphatic heterocycles. The molecule has 2 aliphatic rings. The Labute approximate surface area is 196 Å². The summed E-state index contributed by atoms with van der Waals surface area (Å²) in [5.41, 5.74) is 4.12. The Bertz CT molecular complexity index is 1060. The number of nitrogens with zero attached hydrogens (tertiary/aromatic N) is 6. The van der Waals surface area contributed by atoms with Crippen LogP contribution in [0, 0.1) is 0 Å². The zero-order valence-corrected chi connectivity index (χ0v) is 19.2. The van der Waals surface area contributed by atoms with Crippen LogP contribution in [0.1, 0.15) is 19.1 Å². The first-order valence-corrected chi connectivity index (χ1v) is 12.3. The van der Waals surface area contributed by atoms with Crippen molar-refractivity contribution >= 4 is 51.7 Å². The SMILES string of the molecule is OC[C@H]1O[C@@H](n2cnc3c(NN4CCC(Sc5nccs5)CC4)nc(Cl)nc32)C(O)C1O. The Morgan fingerprint density at radius 1 is 1.22 bits per heavy atom. The van der Waals surface area contributed by atoms with E-state index in [0.717, 1.165) is 30.3 Å². The number of ether oxygens (including phenoxy) is 1. The molecule has 4 atom stereocenters. The van der Waals surface area contributed by atoms with Crippen molar-refractivity contribution in [2.45, 2.75) is 47.0 Å². The highest BCUT2D eigenvalue weighted by Gasteiger charge is 2.44. The van der Waals surface area contributed by atoms with Gasteiger partial charge in [0.15, 0.2) is 23.2 Å². The van der Waals surface area contributed by atoms with E-state index in [4.69, 9.17) is 16.3 Å². The predicted molar refractivity (Wildman–Crippen MR) is 120 cm³/mol. The molecular weight excluding hydrogens is 478 g/mol. The van der Waals surface area contributed by atoms with E-state index in [9.17, 15) is 15.3 Å². The van der Waals surface area contributed by atoms with Gasteiger partial charge in [-0.1, -0.05) is 11.8 Å². The van der Waals surface area contributed by atoms with E-state index in [1.165, 1.54) is 10.9 Å². The van der Waals surface area contributed by atoms with Crippen molar-refractivity contribution in [3.8, 4) is 0 Å². The molecule has 2 saturated heterocycles. The van der Waals surface area contributed by atoms with Crippen molar-refractivity contribution in [3.05, 3.63) is 23.2 Å². The molecule has 0 saturated carbocycles. The number of thioether (sulfide) groups is 1. The maximum atomic E-state index is 10.4. The summed E-state index contributed by atoms with van der Waals surface area (Å²) in [4.78, 5) is 17.3. The summed E-state index contributed by atoms with van der Waals surface area (Å²) in [6.07, 6.45) is 0.956. The van der Waals surface area contributed by atoms with E-state index in [-0.39, 0.29) is 5.28 Å². The highest BCUT2D eigenvalue weighted by molar-refractivity contribution is 8.01. The highest BCUT2D eigenvalue weighted by Crippen LogP contribution is 2.34. The van der Waals surface area contributed by atoms with Crippen LogP contribution in [-0.2, 0) is 4.74 Å². The van der Waals surface area contributed by atoms with E-state index in [2.05, 4.69) is 30.4 Å². The molecule has 0 amide bonds. The zero-order valence-electron chi connectivity index (χ0n) is 16.8. The summed E-state index contributed by atoms with van der Waals surface area (Å²) in [6.45, 7) is 1.23. The Morgan fingerprint density at radius 2 is 2.03 bits per heavy atom. The molecule has 3 aromatic heterocycles. The number of hydrazine groups is 1. The van der Waals surface area contributed by atoms with Gasteiger partial charge in [0.05, 0.1) is 12.9 Å². The van der Waals surface area contributed by atoms with Gasteiger partial charge in [0.1, 0.15) is 22.7 Å². The third-order valence-corrected chi connectivity index (χ3v) is 7.99. The maximum Gasteiger partial charge on any atom is 0.226 e. The quantitative estimate of drug-likeness (QED) is 0.362. The number of piperidine rings is 1. The van der Waals surface area contributed by atoms with E-state index < -0.39 is 31.1 Å². The minimum absolute atomic E-state index is 0.0164. The number of hydrogen-bond acceptors (Lipinski definition) is 12. The van der Waals surface area contributed by atoms with Gasteiger partial charge in [0, 0.05) is 29.9 Å². The first kappa shape index (κ1) is 22.2. The molecule has 0 spiro atoms. The fourth-order valence-corrected chi connectivity index (χ4v) is 6.09. The van der Waals surface area contributed by atoms with Crippen molar-refractivity contribution in [1.82, 2.24) is 29.5 Å². The van der Waals surface area contributed by atoms with Gasteiger partial charge in [-0.3, -0.25) is 4.57 Å². The van der Waals surface area contributed by atoms with Gasteiger partial charge in [-0.15, -0.1) is 11.3 Å². The monoisotopic (exact) mass is 499 g/mol. The second-order valence-electron chi connectivity index (χ2n) is 7.61. The van der Waals surface area contributed by atoms with Crippen molar-refractivity contribution in [3.63, 3.8) is 0 Å². The zero-order chi connectivity index (χ0) is 22.2. The summed E-state index contributed by atoms with van der Waals surface area (Å²) in [5.74, 6) is 0.455. The number of aliphatic hydroxyl groups excluding tert-OH is 3. The van der Waals surface area contributed by atoms with Crippen molar-refractivity contribution in [2.75, 3.05) is 25.1 Å². The lowest BCUT2D eigenvalue weighted by Crippen LogP contribution is -2.39. The van der Waals surface area contributed by atoms with Gasteiger partial charge in [0.2, 0.25) is 5.28 Å². The number of fused-ring (bicyclic) bond motifs is 1. The lowest BCUT2D eigenvalue weighted by atomic mass is 10.1. The second kappa shape index (κ2) is 9.35. The van der Waals surface area contributed by atoms with Crippen LogP contribution in [0.5, 0.6) is 0 Å². The number of imidazole rings is 1. The number of halogens is 1. The maximum absolute atomic E-state index is 10.4. The van der Waals surface area contributed by atoms with Crippen LogP contribution in [0.25, 0.3) is 11.2 Å². The van der Waals surface area contributed by atoms with E-state index in [1.807, 2.05) is 23.3 Å². The highest BCUT2D eigenvalue weighted by atomic mass is 35.5. The number of anilines is 1. The molecule has 14 heteroatoms. The number of nitrogens with one attached hydrogen (secondary N) is 1. The molecule has 3 aromatic rings. The first-order valence-electron chi connectivity index (χ1n) is 10.1. The molecule has 0 bridgehead atoms. The molecule has 5 rings (SSSR count). The van der Waals surface area contributed by atoms with Gasteiger partial charge in [0.25, 0.3) is 0 Å². The third kappa shape index (κ3) is 4.31. The second-order valence-corrected chi connectivity index (χ2v) is 10.4. The molecule has 2 unspecified atom stereocenters. The molecule has 0 radical (unpaired) electrons. The number of aliphatic hydroxyl groups is 3. The summed E-state index contributed by atoms with van der Waals surface area (Å²) in [5, 5.41) is 34.4. The Hall–Kier alpha value is -1.58. The fraction of sp³-hybridized carbons (Fsp3) is 0.556. The molecule has 0 aliphatic carbocycles. The van der Waals surface area contributed by atoms with Crippen LogP contribution in [0.15, 0.2) is 22.2 Å². The fourth-order valence-electron chi connectivity index (χ4n) is 3.91. The minimum Gasteiger partial charge on any atom is -0.394 e. The van der Waals surface area contributed by atoms with Crippen LogP contribution in [0.2, 0.25) is 5.28 Å². The average Bonchev–Trinajstić information content (AvgIpc) is 3.50. The molecule has 2 fully saturated rings. The summed E-state index contributed by atoms with van der Waals surface area (Å²) in [7, 11) is 0. The van der Waals surface area contributed by atoms with E-state index in [1.54, 1.807) is 11.3 Å². The van der Waals surface area contributed by atoms with E-state index in [0.29, 0.717) is 22.2 Å². The Morgan fingerprint density at radius 3 is 2.72 bits per heavy atom. The van der Waals surface area contributed by atoms with Crippen LogP contribution < -0.4 is 5.43 Å². The molecular formula is C18H22ClN7O4S2. The van der Waals surface area contributed by atoms with Gasteiger partial charge >= 0.3 is 0 Å². The van der Waals surface area contributed by atoms with Crippen molar-refractivity contribution in [1.29, 1.82) is 0 Å². The average molecular weight is 500 g/mol. The Kier molecular flexibility index (Phi) is 6.49. The lowest BCUT2D eigenvalue weighted by molar-refractivity contribution is -0.0511. The van der Waals surface area contributed by atoms with Crippen molar-refractivity contribution in [2.24, 2.45) is 0 Å². The number of thiazole rings is 1. The summed E-state index contributed by atoms with van der Waals surface area (Å²) >= 11 is 9.66. The normalized spacial score (nSPS) is 27.4. The topological polar surface area (TPSA) is 142 Å². The van der Waals surface area contributed by atoms with Crippen LogP contribution >= 0.6 is 34.7 Å². The smallest absolute Gasteiger partial charge is 0.226 e. The van der Waals surface area contributed by atoms with Crippen molar-refractivity contribution < 1.29 is 20.1 Å². The summed E-state index contributed by atoms with van der Waals surface area (Å²) in [6, 6.07) is 0. The van der Waals surface area contributed by atoms with Gasteiger partial charge in [-0.25, -0.2) is 15.0 Å². The van der Waals surface area contributed by atoms with Crippen LogP contribution in [0.4, 0.5) is 5.82 Å². The summed E-state index contributed by atoms with van der Waals surface area (Å²) < 4.78 is 8.19. The molecule has 32 heavy (non-hydrogen) atoms. The van der Waals surface area contributed by atoms with E-state index >= 15 is 0 Å². The number of aromatic nitrogens is 5. The van der Waals surface area contributed by atoms with Gasteiger partial charge in [-0.05, 0) is 24.4 Å². The molecule has 11 nitrogen and oxygen atoms in total. The van der Waals surface area contributed by atoms with Gasteiger partial charge < -0.3 is 25.5 Å². The number of hydrogen-bond donors (Lipinski definition) is 4. The standard InChI is InChI=1S/C18H22ClN7O4S2/c19-17-22-14(24-25-4-1-9(2-5-25)32-18-20-3-6-31-18)11-15(23-17)26(8-21-11)16-13(29)12(28)10(7-27)30-16/h3,6,8-10,12-13,16,27-29H,1-2,4-5,7H2,(H,22,23,24)/t10-,12?,13?,16-/m1/s1. The minimum atomic E-state index is -1.25. The molecule has 4 N–H and O–H groups in total. The lowest BCUT2D eigenvalue weighted by Gasteiger charge is -2.31. The van der Waals surface area contributed by atoms with Gasteiger partial charge in [-0.2, -0.15) is 9.97 Å². The van der Waals surface area contributed by atoms with Crippen LogP contribution in [0.3, 0.4) is 0 Å².